The van der Waals surface area contributed by atoms with E-state index in [1.165, 1.54) is 0 Å². The summed E-state index contributed by atoms with van der Waals surface area (Å²) in [4.78, 5) is 24.9. The molecule has 0 aliphatic carbocycles. The number of benzene rings is 1. The molecule has 0 saturated carbocycles. The molecule has 1 fully saturated rings. The quantitative estimate of drug-likeness (QED) is 0.729. The van der Waals surface area contributed by atoms with Crippen molar-refractivity contribution in [3.63, 3.8) is 0 Å². The van der Waals surface area contributed by atoms with Gasteiger partial charge in [0.25, 0.3) is 5.91 Å². The summed E-state index contributed by atoms with van der Waals surface area (Å²) in [5, 5.41) is 5.76. The summed E-state index contributed by atoms with van der Waals surface area (Å²) in [6, 6.07) is 6.46. The second-order valence-electron chi connectivity index (χ2n) is 4.68. The Morgan fingerprint density at radius 3 is 2.95 bits per heavy atom. The van der Waals surface area contributed by atoms with Crippen LogP contribution in [0.1, 0.15) is 17.3 Å². The fourth-order valence-electron chi connectivity index (χ4n) is 2.17. The van der Waals surface area contributed by atoms with Crippen LogP contribution in [0, 0.1) is 0 Å². The largest absolute Gasteiger partial charge is 0.351 e. The van der Waals surface area contributed by atoms with Gasteiger partial charge >= 0.3 is 6.03 Å². The van der Waals surface area contributed by atoms with Crippen LogP contribution < -0.4 is 16.4 Å². The zero-order chi connectivity index (χ0) is 13.8. The van der Waals surface area contributed by atoms with Crippen molar-refractivity contribution in [2.24, 2.45) is 5.73 Å². The highest BCUT2D eigenvalue weighted by Gasteiger charge is 2.21. The van der Waals surface area contributed by atoms with Gasteiger partial charge in [0.1, 0.15) is 0 Å². The molecule has 1 heterocycles. The van der Waals surface area contributed by atoms with Crippen molar-refractivity contribution in [2.75, 3.05) is 25.0 Å². The monoisotopic (exact) mass is 262 g/mol. The number of carbonyl (C=O) groups excluding carboxylic acids is 2. The first-order valence-electron chi connectivity index (χ1n) is 6.25. The molecular formula is C13H18N4O2. The fraction of sp³-hybridized carbons (Fsp3) is 0.385. The number of nitrogens with two attached hydrogens (primary N) is 1. The van der Waals surface area contributed by atoms with Crippen LogP contribution in [0.25, 0.3) is 0 Å². The standard InChI is InChI=1S/C13H18N4O2/c1-9-8-17(6-5-15-9)12(18)10-3-2-4-11(7-10)16-13(14)19/h2-4,7,9,15H,5-6,8H2,1H3,(H3,14,16,19). The number of anilines is 1. The van der Waals surface area contributed by atoms with E-state index >= 15 is 0 Å². The maximum absolute atomic E-state index is 12.3. The summed E-state index contributed by atoms with van der Waals surface area (Å²) < 4.78 is 0. The van der Waals surface area contributed by atoms with E-state index in [0.29, 0.717) is 30.4 Å². The summed E-state index contributed by atoms with van der Waals surface area (Å²) in [7, 11) is 0. The van der Waals surface area contributed by atoms with Crippen LogP contribution in [0.3, 0.4) is 0 Å². The van der Waals surface area contributed by atoms with Gasteiger partial charge in [0.05, 0.1) is 0 Å². The smallest absolute Gasteiger partial charge is 0.316 e. The first-order valence-corrected chi connectivity index (χ1v) is 6.25. The molecule has 1 atom stereocenters. The van der Waals surface area contributed by atoms with Crippen LogP contribution in [-0.2, 0) is 0 Å². The Kier molecular flexibility index (Phi) is 4.01. The summed E-state index contributed by atoms with van der Waals surface area (Å²) in [6.45, 7) is 4.22. The number of urea groups is 1. The van der Waals surface area contributed by atoms with Crippen LogP contribution in [-0.4, -0.2) is 42.5 Å². The molecule has 2 rings (SSSR count). The van der Waals surface area contributed by atoms with Crippen LogP contribution in [0.4, 0.5) is 10.5 Å². The van der Waals surface area contributed by atoms with E-state index in [9.17, 15) is 9.59 Å². The van der Waals surface area contributed by atoms with Crippen molar-refractivity contribution in [3.8, 4) is 0 Å². The van der Waals surface area contributed by atoms with E-state index in [1.54, 1.807) is 24.3 Å². The summed E-state index contributed by atoms with van der Waals surface area (Å²) in [5.74, 6) is -0.0264. The first kappa shape index (κ1) is 13.4. The second-order valence-corrected chi connectivity index (χ2v) is 4.68. The van der Waals surface area contributed by atoms with E-state index < -0.39 is 6.03 Å². The lowest BCUT2D eigenvalue weighted by Gasteiger charge is -2.32. The number of primary amides is 1. The molecule has 1 aliphatic heterocycles. The first-order chi connectivity index (χ1) is 9.06. The number of rotatable bonds is 2. The van der Waals surface area contributed by atoms with Crippen molar-refractivity contribution >= 4 is 17.6 Å². The van der Waals surface area contributed by atoms with Gasteiger partial charge in [-0.15, -0.1) is 0 Å². The molecule has 102 valence electrons. The Morgan fingerprint density at radius 2 is 2.26 bits per heavy atom. The van der Waals surface area contributed by atoms with E-state index in [-0.39, 0.29) is 5.91 Å². The van der Waals surface area contributed by atoms with Crippen molar-refractivity contribution < 1.29 is 9.59 Å². The third-order valence-corrected chi connectivity index (χ3v) is 3.03. The molecule has 1 saturated heterocycles. The van der Waals surface area contributed by atoms with E-state index in [0.717, 1.165) is 6.54 Å². The molecule has 3 amide bonds. The number of piperazine rings is 1. The number of carbonyl (C=O) groups is 2. The third-order valence-electron chi connectivity index (χ3n) is 3.03. The zero-order valence-electron chi connectivity index (χ0n) is 10.8. The Balaban J connectivity index is 2.12. The van der Waals surface area contributed by atoms with E-state index in [4.69, 9.17) is 5.73 Å². The maximum Gasteiger partial charge on any atom is 0.316 e. The minimum absolute atomic E-state index is 0.0264. The highest BCUT2D eigenvalue weighted by molar-refractivity contribution is 5.96. The molecule has 0 spiro atoms. The molecule has 6 heteroatoms. The van der Waals surface area contributed by atoms with Gasteiger partial charge in [-0.2, -0.15) is 0 Å². The lowest BCUT2D eigenvalue weighted by molar-refractivity contribution is 0.0709. The lowest BCUT2D eigenvalue weighted by Crippen LogP contribution is -2.51. The van der Waals surface area contributed by atoms with Crippen LogP contribution >= 0.6 is 0 Å². The second kappa shape index (κ2) is 5.71. The van der Waals surface area contributed by atoms with Gasteiger partial charge in [-0.05, 0) is 25.1 Å². The maximum atomic E-state index is 12.3. The summed E-state index contributed by atoms with van der Waals surface area (Å²) >= 11 is 0. The highest BCUT2D eigenvalue weighted by atomic mass is 16.2. The molecule has 0 radical (unpaired) electrons. The Hall–Kier alpha value is -2.08. The normalized spacial score (nSPS) is 19.0. The summed E-state index contributed by atoms with van der Waals surface area (Å²) in [5.41, 5.74) is 6.14. The van der Waals surface area contributed by atoms with Crippen LogP contribution in [0.2, 0.25) is 0 Å². The molecule has 6 nitrogen and oxygen atoms in total. The van der Waals surface area contributed by atoms with Gasteiger partial charge in [-0.25, -0.2) is 4.79 Å². The molecule has 1 aliphatic rings. The Bertz CT molecular complexity index is 489. The van der Waals surface area contributed by atoms with Crippen molar-refractivity contribution in [1.29, 1.82) is 0 Å². The number of amides is 3. The van der Waals surface area contributed by atoms with Gasteiger partial charge in [-0.1, -0.05) is 6.07 Å². The van der Waals surface area contributed by atoms with Crippen molar-refractivity contribution in [3.05, 3.63) is 29.8 Å². The van der Waals surface area contributed by atoms with Crippen LogP contribution in [0.5, 0.6) is 0 Å². The molecule has 19 heavy (non-hydrogen) atoms. The Morgan fingerprint density at radius 1 is 1.47 bits per heavy atom. The average molecular weight is 262 g/mol. The molecular weight excluding hydrogens is 244 g/mol. The van der Waals surface area contributed by atoms with E-state index in [1.807, 2.05) is 11.8 Å². The van der Waals surface area contributed by atoms with Gasteiger partial charge in [0, 0.05) is 36.9 Å². The summed E-state index contributed by atoms with van der Waals surface area (Å²) in [6.07, 6.45) is 0. The molecule has 1 aromatic carbocycles. The minimum atomic E-state index is -0.639. The van der Waals surface area contributed by atoms with Gasteiger partial charge in [-0.3, -0.25) is 4.79 Å². The predicted octanol–water partition coefficient (Wildman–Crippen LogP) is 0.611. The predicted molar refractivity (Wildman–Crippen MR) is 73.0 cm³/mol. The number of hydrogen-bond acceptors (Lipinski definition) is 3. The molecule has 4 N–H and O–H groups in total. The van der Waals surface area contributed by atoms with Gasteiger partial charge in [0.2, 0.25) is 0 Å². The minimum Gasteiger partial charge on any atom is -0.351 e. The average Bonchev–Trinajstić information content (AvgIpc) is 2.37. The molecule has 0 aromatic heterocycles. The molecule has 0 bridgehead atoms. The van der Waals surface area contributed by atoms with Crippen molar-refractivity contribution in [2.45, 2.75) is 13.0 Å². The SMILES string of the molecule is CC1CN(C(=O)c2cccc(NC(N)=O)c2)CCN1. The number of nitrogens with zero attached hydrogens (tertiary/aromatic N) is 1. The third kappa shape index (κ3) is 3.45. The van der Waals surface area contributed by atoms with Crippen molar-refractivity contribution in [1.82, 2.24) is 10.2 Å². The molecule has 1 unspecified atom stereocenters. The lowest BCUT2D eigenvalue weighted by atomic mass is 10.1. The number of nitrogens with one attached hydrogen (secondary N) is 2. The fourth-order valence-corrected chi connectivity index (χ4v) is 2.17. The zero-order valence-corrected chi connectivity index (χ0v) is 10.8. The highest BCUT2D eigenvalue weighted by Crippen LogP contribution is 2.13. The van der Waals surface area contributed by atoms with Gasteiger partial charge in [0.15, 0.2) is 0 Å². The van der Waals surface area contributed by atoms with Gasteiger partial charge < -0.3 is 21.3 Å². The van der Waals surface area contributed by atoms with Crippen LogP contribution in [0.15, 0.2) is 24.3 Å². The Labute approximate surface area is 112 Å². The van der Waals surface area contributed by atoms with E-state index in [2.05, 4.69) is 10.6 Å². The topological polar surface area (TPSA) is 87.5 Å². The molecule has 1 aromatic rings. The number of hydrogen-bond donors (Lipinski definition) is 3.